The number of carbonyl (C=O) groups excluding carboxylic acids is 1. The van der Waals surface area contributed by atoms with E-state index in [-0.39, 0.29) is 5.91 Å². The predicted octanol–water partition coefficient (Wildman–Crippen LogP) is 2.38. The molecule has 1 aliphatic heterocycles. The zero-order valence-corrected chi connectivity index (χ0v) is 10.9. The van der Waals surface area contributed by atoms with Crippen molar-refractivity contribution in [3.8, 4) is 0 Å². The minimum absolute atomic E-state index is 0.0530. The number of fused-ring (bicyclic) bond motifs is 1. The maximum atomic E-state index is 12.4. The molecule has 18 heavy (non-hydrogen) atoms. The number of carbonyl (C=O) groups is 1. The first-order valence-electron chi connectivity index (χ1n) is 5.92. The number of amides is 1. The third-order valence-corrected chi connectivity index (χ3v) is 3.67. The Morgan fingerprint density at radius 3 is 3.06 bits per heavy atom. The Labute approximate surface area is 109 Å². The van der Waals surface area contributed by atoms with Crippen molar-refractivity contribution in [1.29, 1.82) is 0 Å². The lowest BCUT2D eigenvalue weighted by Crippen LogP contribution is -2.39. The molecule has 0 spiro atoms. The number of anilines is 1. The third-order valence-electron chi connectivity index (χ3n) is 3.17. The van der Waals surface area contributed by atoms with Crippen LogP contribution in [-0.2, 0) is 6.42 Å². The van der Waals surface area contributed by atoms with Crippen molar-refractivity contribution >= 4 is 23.1 Å². The van der Waals surface area contributed by atoms with Crippen molar-refractivity contribution in [2.24, 2.45) is 5.92 Å². The van der Waals surface area contributed by atoms with E-state index in [4.69, 9.17) is 0 Å². The largest absolute Gasteiger partial charge is 0.306 e. The number of nitrogens with zero attached hydrogens (tertiary/aromatic N) is 3. The Hall–Kier alpha value is -1.75. The van der Waals surface area contributed by atoms with E-state index < -0.39 is 0 Å². The van der Waals surface area contributed by atoms with E-state index in [1.807, 2.05) is 23.1 Å². The van der Waals surface area contributed by atoms with Gasteiger partial charge >= 0.3 is 0 Å². The number of hydrogen-bond donors (Lipinski definition) is 0. The van der Waals surface area contributed by atoms with Crippen molar-refractivity contribution in [2.75, 3.05) is 11.4 Å². The molecule has 2 aromatic rings. The fourth-order valence-corrected chi connectivity index (χ4v) is 2.82. The number of benzene rings is 1. The lowest BCUT2D eigenvalue weighted by atomic mass is 9.94. The first kappa shape index (κ1) is 11.3. The standard InChI is InChI=1S/C13H13N3OS/c1-9-6-10-4-2-3-5-12(10)16(7-9)13(17)11-8-18-15-14-11/h2-5,8-9H,6-7H2,1H3. The molecule has 1 amide bonds. The van der Waals surface area contributed by atoms with Gasteiger partial charge < -0.3 is 4.90 Å². The SMILES string of the molecule is CC1Cc2ccccc2N(C(=O)c2csnn2)C1. The quantitative estimate of drug-likeness (QED) is 0.790. The van der Waals surface area contributed by atoms with Gasteiger partial charge in [0.15, 0.2) is 5.69 Å². The Morgan fingerprint density at radius 1 is 1.44 bits per heavy atom. The van der Waals surface area contributed by atoms with Crippen LogP contribution in [0.3, 0.4) is 0 Å². The highest BCUT2D eigenvalue weighted by Gasteiger charge is 2.27. The molecule has 0 saturated heterocycles. The minimum atomic E-state index is -0.0530. The van der Waals surface area contributed by atoms with E-state index in [1.165, 1.54) is 17.1 Å². The summed E-state index contributed by atoms with van der Waals surface area (Å²) in [6.45, 7) is 2.91. The van der Waals surface area contributed by atoms with Crippen LogP contribution in [0.15, 0.2) is 29.6 Å². The second kappa shape index (κ2) is 4.49. The summed E-state index contributed by atoms with van der Waals surface area (Å²) >= 11 is 1.21. The Bertz CT molecular complexity index is 567. The maximum Gasteiger partial charge on any atom is 0.279 e. The van der Waals surface area contributed by atoms with Crippen LogP contribution in [0.2, 0.25) is 0 Å². The molecule has 5 heteroatoms. The van der Waals surface area contributed by atoms with E-state index in [0.717, 1.165) is 18.7 Å². The highest BCUT2D eigenvalue weighted by molar-refractivity contribution is 7.03. The van der Waals surface area contributed by atoms with Gasteiger partial charge in [0.1, 0.15) is 0 Å². The van der Waals surface area contributed by atoms with Gasteiger partial charge in [0.05, 0.1) is 0 Å². The average Bonchev–Trinajstić information content (AvgIpc) is 2.90. The first-order valence-corrected chi connectivity index (χ1v) is 6.76. The summed E-state index contributed by atoms with van der Waals surface area (Å²) in [5.41, 5.74) is 2.67. The highest BCUT2D eigenvalue weighted by Crippen LogP contribution is 2.30. The Balaban J connectivity index is 2.00. The van der Waals surface area contributed by atoms with Crippen molar-refractivity contribution < 1.29 is 4.79 Å². The summed E-state index contributed by atoms with van der Waals surface area (Å²) in [6, 6.07) is 8.07. The van der Waals surface area contributed by atoms with Gasteiger partial charge in [-0.25, -0.2) is 0 Å². The molecule has 2 heterocycles. The summed E-state index contributed by atoms with van der Waals surface area (Å²) in [4.78, 5) is 14.2. The van der Waals surface area contributed by atoms with E-state index in [2.05, 4.69) is 22.6 Å². The molecule has 0 N–H and O–H groups in total. The molecule has 0 radical (unpaired) electrons. The molecule has 0 bridgehead atoms. The van der Waals surface area contributed by atoms with Crippen LogP contribution in [0.1, 0.15) is 23.0 Å². The molecular weight excluding hydrogens is 246 g/mol. The van der Waals surface area contributed by atoms with Gasteiger partial charge in [-0.1, -0.05) is 29.6 Å². The molecule has 92 valence electrons. The van der Waals surface area contributed by atoms with Crippen molar-refractivity contribution in [2.45, 2.75) is 13.3 Å². The second-order valence-corrected chi connectivity index (χ2v) is 5.25. The summed E-state index contributed by atoms with van der Waals surface area (Å²) < 4.78 is 3.76. The molecule has 1 unspecified atom stereocenters. The van der Waals surface area contributed by atoms with Crippen molar-refractivity contribution in [3.63, 3.8) is 0 Å². The van der Waals surface area contributed by atoms with Crippen LogP contribution >= 0.6 is 11.5 Å². The lowest BCUT2D eigenvalue weighted by molar-refractivity contribution is 0.0976. The van der Waals surface area contributed by atoms with Gasteiger partial charge in [-0.2, -0.15) is 0 Å². The van der Waals surface area contributed by atoms with Crippen LogP contribution in [0.4, 0.5) is 5.69 Å². The zero-order valence-electron chi connectivity index (χ0n) is 10.0. The first-order chi connectivity index (χ1) is 8.75. The summed E-state index contributed by atoms with van der Waals surface area (Å²) in [6.07, 6.45) is 1.02. The van der Waals surface area contributed by atoms with Crippen LogP contribution in [0.5, 0.6) is 0 Å². The number of para-hydroxylation sites is 1. The van der Waals surface area contributed by atoms with E-state index in [9.17, 15) is 4.79 Å². The lowest BCUT2D eigenvalue weighted by Gasteiger charge is -2.32. The molecule has 0 fully saturated rings. The second-order valence-electron chi connectivity index (χ2n) is 4.64. The molecule has 3 rings (SSSR count). The predicted molar refractivity (Wildman–Crippen MR) is 70.9 cm³/mol. The van der Waals surface area contributed by atoms with Gasteiger partial charge in [-0.05, 0) is 35.5 Å². The maximum absolute atomic E-state index is 12.4. The molecule has 1 atom stereocenters. The number of hydrogen-bond acceptors (Lipinski definition) is 4. The third kappa shape index (κ3) is 1.90. The number of aromatic nitrogens is 2. The smallest absolute Gasteiger partial charge is 0.279 e. The molecule has 0 aliphatic carbocycles. The summed E-state index contributed by atoms with van der Waals surface area (Å²) in [7, 11) is 0. The molecule has 1 aromatic heterocycles. The van der Waals surface area contributed by atoms with E-state index >= 15 is 0 Å². The van der Waals surface area contributed by atoms with Crippen molar-refractivity contribution in [1.82, 2.24) is 9.59 Å². The normalized spacial score (nSPS) is 18.5. The monoisotopic (exact) mass is 259 g/mol. The minimum Gasteiger partial charge on any atom is -0.306 e. The van der Waals surface area contributed by atoms with E-state index in [1.54, 1.807) is 5.38 Å². The molecule has 1 aromatic carbocycles. The molecular formula is C13H13N3OS. The highest BCUT2D eigenvalue weighted by atomic mass is 32.1. The van der Waals surface area contributed by atoms with Gasteiger partial charge in [-0.3, -0.25) is 4.79 Å². The van der Waals surface area contributed by atoms with Gasteiger partial charge in [0.2, 0.25) is 0 Å². The van der Waals surface area contributed by atoms with Crippen LogP contribution < -0.4 is 4.90 Å². The van der Waals surface area contributed by atoms with Crippen LogP contribution in [0, 0.1) is 5.92 Å². The van der Waals surface area contributed by atoms with Gasteiger partial charge in [-0.15, -0.1) is 5.10 Å². The molecule has 4 nitrogen and oxygen atoms in total. The summed E-state index contributed by atoms with van der Waals surface area (Å²) in [5.74, 6) is 0.415. The fourth-order valence-electron chi connectivity index (χ4n) is 2.39. The van der Waals surface area contributed by atoms with Gasteiger partial charge in [0.25, 0.3) is 5.91 Å². The van der Waals surface area contributed by atoms with Crippen LogP contribution in [-0.4, -0.2) is 22.0 Å². The average molecular weight is 259 g/mol. The van der Waals surface area contributed by atoms with Gasteiger partial charge in [0, 0.05) is 17.6 Å². The Kier molecular flexibility index (Phi) is 2.83. The van der Waals surface area contributed by atoms with E-state index in [0.29, 0.717) is 11.6 Å². The molecule has 1 aliphatic rings. The Morgan fingerprint density at radius 2 is 2.28 bits per heavy atom. The zero-order chi connectivity index (χ0) is 12.5. The fraction of sp³-hybridized carbons (Fsp3) is 0.308. The summed E-state index contributed by atoms with van der Waals surface area (Å²) in [5, 5.41) is 5.57. The molecule has 0 saturated carbocycles. The number of rotatable bonds is 1. The van der Waals surface area contributed by atoms with Crippen molar-refractivity contribution in [3.05, 3.63) is 40.9 Å². The topological polar surface area (TPSA) is 46.1 Å². The van der Waals surface area contributed by atoms with Crippen LogP contribution in [0.25, 0.3) is 0 Å².